The number of aromatic nitrogens is 3. The van der Waals surface area contributed by atoms with E-state index in [0.29, 0.717) is 17.6 Å². The molecule has 28 heavy (non-hydrogen) atoms. The maximum absolute atomic E-state index is 12.8. The number of furan rings is 1. The summed E-state index contributed by atoms with van der Waals surface area (Å²) in [5.41, 5.74) is 4.29. The van der Waals surface area contributed by atoms with Crippen molar-refractivity contribution >= 4 is 44.2 Å². The van der Waals surface area contributed by atoms with Crippen molar-refractivity contribution in [1.82, 2.24) is 14.5 Å². The molecule has 0 amide bonds. The van der Waals surface area contributed by atoms with E-state index in [0.717, 1.165) is 27.5 Å². The van der Waals surface area contributed by atoms with E-state index < -0.39 is 0 Å². The Morgan fingerprint density at radius 1 is 1.14 bits per heavy atom. The lowest BCUT2D eigenvalue weighted by molar-refractivity contribution is 0.641. The molecule has 5 rings (SSSR count). The number of hydrogen-bond donors (Lipinski definition) is 1. The normalized spacial score (nSPS) is 11.3. The van der Waals surface area contributed by atoms with Crippen LogP contribution >= 0.6 is 11.3 Å². The molecule has 138 valence electrons. The third-order valence-corrected chi connectivity index (χ3v) is 5.43. The van der Waals surface area contributed by atoms with Crippen molar-refractivity contribution in [3.05, 3.63) is 81.8 Å². The monoisotopic (exact) mass is 388 g/mol. The lowest BCUT2D eigenvalue weighted by Crippen LogP contribution is -2.20. The summed E-state index contributed by atoms with van der Waals surface area (Å²) in [4.78, 5) is 21.9. The molecule has 3 aromatic heterocycles. The first-order chi connectivity index (χ1) is 13.7. The Bertz CT molecular complexity index is 1370. The molecule has 1 N–H and O–H groups in total. The summed E-state index contributed by atoms with van der Waals surface area (Å²) in [6, 6.07) is 15.6. The predicted octanol–water partition coefficient (Wildman–Crippen LogP) is 4.70. The van der Waals surface area contributed by atoms with Gasteiger partial charge >= 0.3 is 0 Å². The van der Waals surface area contributed by atoms with Gasteiger partial charge in [0, 0.05) is 16.5 Å². The van der Waals surface area contributed by atoms with Gasteiger partial charge in [-0.25, -0.2) is 9.97 Å². The zero-order chi connectivity index (χ0) is 19.1. The van der Waals surface area contributed by atoms with Gasteiger partial charge in [-0.15, -0.1) is 11.3 Å². The molecule has 0 spiro atoms. The molecule has 2 aromatic carbocycles. The zero-order valence-electron chi connectivity index (χ0n) is 15.0. The second-order valence-electron chi connectivity index (χ2n) is 6.54. The van der Waals surface area contributed by atoms with Gasteiger partial charge in [0.05, 0.1) is 18.6 Å². The van der Waals surface area contributed by atoms with E-state index in [2.05, 4.69) is 15.3 Å². The summed E-state index contributed by atoms with van der Waals surface area (Å²) in [7, 11) is 0. The first-order valence-electron chi connectivity index (χ1n) is 8.83. The second-order valence-corrected chi connectivity index (χ2v) is 7.40. The maximum Gasteiger partial charge on any atom is 0.297 e. The van der Waals surface area contributed by atoms with Gasteiger partial charge in [-0.3, -0.25) is 9.36 Å². The smallest absolute Gasteiger partial charge is 0.297 e. The van der Waals surface area contributed by atoms with E-state index >= 15 is 0 Å². The van der Waals surface area contributed by atoms with Crippen molar-refractivity contribution in [1.29, 1.82) is 0 Å². The van der Waals surface area contributed by atoms with Crippen molar-refractivity contribution in [3.8, 4) is 0 Å². The lowest BCUT2D eigenvalue weighted by atomic mass is 10.2. The lowest BCUT2D eigenvalue weighted by Gasteiger charge is -2.05. The quantitative estimate of drug-likeness (QED) is 0.483. The summed E-state index contributed by atoms with van der Waals surface area (Å²) in [6.07, 6.45) is 1.56. The molecule has 0 saturated heterocycles. The fraction of sp³-hybridized carbons (Fsp3) is 0.0952. The summed E-state index contributed by atoms with van der Waals surface area (Å²) in [5.74, 6) is 0. The summed E-state index contributed by atoms with van der Waals surface area (Å²) < 4.78 is 7.26. The summed E-state index contributed by atoms with van der Waals surface area (Å²) in [5, 5.41) is 6.90. The average Bonchev–Trinajstić information content (AvgIpc) is 3.30. The van der Waals surface area contributed by atoms with Crippen LogP contribution in [0.2, 0.25) is 0 Å². The van der Waals surface area contributed by atoms with Crippen LogP contribution in [0.15, 0.2) is 69.5 Å². The molecule has 5 aromatic rings. The minimum Gasteiger partial charge on any atom is -0.448 e. The molecule has 0 radical (unpaired) electrons. The number of fused-ring (bicyclic) bond motifs is 3. The minimum absolute atomic E-state index is 0.206. The van der Waals surface area contributed by atoms with Gasteiger partial charge in [-0.2, -0.15) is 0 Å². The second kappa shape index (κ2) is 6.61. The van der Waals surface area contributed by atoms with Gasteiger partial charge in [0.15, 0.2) is 5.13 Å². The summed E-state index contributed by atoms with van der Waals surface area (Å²) in [6.45, 7) is 2.38. The first-order valence-corrected chi connectivity index (χ1v) is 9.71. The van der Waals surface area contributed by atoms with Crippen molar-refractivity contribution in [2.24, 2.45) is 0 Å². The highest BCUT2D eigenvalue weighted by molar-refractivity contribution is 7.13. The number of nitrogens with one attached hydrogen (secondary N) is 1. The number of aryl methyl sites for hydroxylation is 1. The van der Waals surface area contributed by atoms with Crippen LogP contribution in [0.4, 0.5) is 10.8 Å². The van der Waals surface area contributed by atoms with Gasteiger partial charge in [0.2, 0.25) is 5.58 Å². The molecule has 3 heterocycles. The molecular formula is C21H16N4O2S. The van der Waals surface area contributed by atoms with Gasteiger partial charge in [-0.1, -0.05) is 30.3 Å². The van der Waals surface area contributed by atoms with Gasteiger partial charge in [-0.05, 0) is 30.7 Å². The molecular weight excluding hydrogens is 372 g/mol. The number of hydrogen-bond acceptors (Lipinski definition) is 6. The Labute approximate surface area is 164 Å². The Morgan fingerprint density at radius 2 is 1.96 bits per heavy atom. The first kappa shape index (κ1) is 16.7. The van der Waals surface area contributed by atoms with Gasteiger partial charge < -0.3 is 9.73 Å². The molecule has 0 aliphatic rings. The molecule has 0 aliphatic heterocycles. The molecule has 6 nitrogen and oxygen atoms in total. The highest BCUT2D eigenvalue weighted by atomic mass is 32.1. The van der Waals surface area contributed by atoms with Gasteiger partial charge in [0.25, 0.3) is 5.56 Å². The van der Waals surface area contributed by atoms with E-state index in [1.807, 2.05) is 60.8 Å². The molecule has 0 atom stereocenters. The van der Waals surface area contributed by atoms with Crippen molar-refractivity contribution in [3.63, 3.8) is 0 Å². The fourth-order valence-corrected chi connectivity index (χ4v) is 3.88. The van der Waals surface area contributed by atoms with Crippen LogP contribution in [0.25, 0.3) is 22.1 Å². The van der Waals surface area contributed by atoms with E-state index in [9.17, 15) is 4.79 Å². The highest BCUT2D eigenvalue weighted by Crippen LogP contribution is 2.25. The largest absolute Gasteiger partial charge is 0.448 e. The van der Waals surface area contributed by atoms with E-state index in [4.69, 9.17) is 4.42 Å². The summed E-state index contributed by atoms with van der Waals surface area (Å²) >= 11 is 1.50. The average molecular weight is 388 g/mol. The highest BCUT2D eigenvalue weighted by Gasteiger charge is 2.14. The van der Waals surface area contributed by atoms with Crippen LogP contribution in [-0.2, 0) is 6.54 Å². The van der Waals surface area contributed by atoms with Crippen LogP contribution in [-0.4, -0.2) is 14.5 Å². The fourth-order valence-electron chi connectivity index (χ4n) is 3.17. The molecule has 0 aliphatic carbocycles. The molecule has 0 fully saturated rings. The third-order valence-electron chi connectivity index (χ3n) is 4.62. The van der Waals surface area contributed by atoms with Crippen molar-refractivity contribution in [2.75, 3.05) is 5.32 Å². The predicted molar refractivity (Wildman–Crippen MR) is 111 cm³/mol. The molecule has 0 unspecified atom stereocenters. The zero-order valence-corrected chi connectivity index (χ0v) is 15.9. The molecule has 0 saturated carbocycles. The number of para-hydroxylation sites is 2. The standard InChI is InChI=1S/C21H16N4O2S/c1-13-6-2-4-8-16(13)24-21-23-14(11-28-21)10-25-12-22-18-15-7-3-5-9-17(15)27-19(18)20(25)26/h2-9,11-12H,10H2,1H3,(H,23,24). The number of rotatable bonds is 4. The van der Waals surface area contributed by atoms with Gasteiger partial charge in [0.1, 0.15) is 11.1 Å². The third kappa shape index (κ3) is 2.86. The Morgan fingerprint density at radius 3 is 2.86 bits per heavy atom. The van der Waals surface area contributed by atoms with Crippen molar-refractivity contribution < 1.29 is 4.42 Å². The number of thiazole rings is 1. The maximum atomic E-state index is 12.8. The van der Waals surface area contributed by atoms with Crippen LogP contribution < -0.4 is 10.9 Å². The van der Waals surface area contributed by atoms with E-state index in [-0.39, 0.29) is 11.1 Å². The molecule has 7 heteroatoms. The number of anilines is 2. The van der Waals surface area contributed by atoms with Crippen LogP contribution in [0.5, 0.6) is 0 Å². The van der Waals surface area contributed by atoms with Crippen LogP contribution in [0, 0.1) is 6.92 Å². The Kier molecular flexibility index (Phi) is 3.95. The SMILES string of the molecule is Cc1ccccc1Nc1nc(Cn2cnc3c(oc4ccccc43)c2=O)cs1. The van der Waals surface area contributed by atoms with E-state index in [1.54, 1.807) is 6.33 Å². The number of nitrogens with zero attached hydrogens (tertiary/aromatic N) is 3. The topological polar surface area (TPSA) is 73.0 Å². The van der Waals surface area contributed by atoms with Crippen molar-refractivity contribution in [2.45, 2.75) is 13.5 Å². The van der Waals surface area contributed by atoms with Crippen LogP contribution in [0.3, 0.4) is 0 Å². The Balaban J connectivity index is 1.45. The van der Waals surface area contributed by atoms with E-state index in [1.165, 1.54) is 15.9 Å². The Hall–Kier alpha value is -3.45. The number of benzene rings is 2. The minimum atomic E-state index is -0.206. The molecule has 0 bridgehead atoms. The van der Waals surface area contributed by atoms with Crippen LogP contribution in [0.1, 0.15) is 11.3 Å².